The Balaban J connectivity index is 1.37. The Morgan fingerprint density at radius 3 is 2.72 bits per heavy atom. The second-order valence-corrected chi connectivity index (χ2v) is 5.15. The molecule has 1 aliphatic heterocycles. The maximum atomic E-state index is 11.8. The first kappa shape index (κ1) is 16.8. The maximum Gasteiger partial charge on any atom is 0.258 e. The van der Waals surface area contributed by atoms with E-state index in [9.17, 15) is 4.79 Å². The van der Waals surface area contributed by atoms with Crippen LogP contribution in [0.15, 0.2) is 42.5 Å². The predicted molar refractivity (Wildman–Crippen MR) is 89.6 cm³/mol. The molecule has 7 heteroatoms. The quantitative estimate of drug-likeness (QED) is 0.738. The molecule has 132 valence electrons. The van der Waals surface area contributed by atoms with Gasteiger partial charge in [-0.15, -0.1) is 0 Å². The first-order chi connectivity index (χ1) is 12.3. The van der Waals surface area contributed by atoms with Crippen LogP contribution < -0.4 is 29.0 Å². The largest absolute Gasteiger partial charge is 0.493 e. The number of carbonyl (C=O) groups is 1. The van der Waals surface area contributed by atoms with E-state index in [0.29, 0.717) is 41.9 Å². The van der Waals surface area contributed by atoms with Crippen molar-refractivity contribution in [3.8, 4) is 28.7 Å². The van der Waals surface area contributed by atoms with Crippen LogP contribution >= 0.6 is 0 Å². The summed E-state index contributed by atoms with van der Waals surface area (Å²) in [5.74, 6) is 2.89. The molecule has 3 rings (SSSR count). The molecule has 0 radical (unpaired) electrons. The van der Waals surface area contributed by atoms with Gasteiger partial charge in [0, 0.05) is 6.07 Å². The Labute approximate surface area is 145 Å². The zero-order valence-electron chi connectivity index (χ0n) is 13.8. The summed E-state index contributed by atoms with van der Waals surface area (Å²) in [4.78, 5) is 11.8. The summed E-state index contributed by atoms with van der Waals surface area (Å²) >= 11 is 0. The maximum absolute atomic E-state index is 11.8. The third kappa shape index (κ3) is 4.47. The van der Waals surface area contributed by atoms with Gasteiger partial charge >= 0.3 is 0 Å². The highest BCUT2D eigenvalue weighted by molar-refractivity contribution is 5.77. The van der Waals surface area contributed by atoms with Gasteiger partial charge in [-0.25, -0.2) is 0 Å². The van der Waals surface area contributed by atoms with Crippen LogP contribution in [0.5, 0.6) is 28.7 Å². The number of amides is 1. The molecule has 0 aromatic heterocycles. The Morgan fingerprint density at radius 1 is 1.08 bits per heavy atom. The van der Waals surface area contributed by atoms with Crippen LogP contribution in [-0.4, -0.2) is 39.6 Å². The molecule has 2 aromatic rings. The fraction of sp³-hybridized carbons (Fsp3) is 0.278. The lowest BCUT2D eigenvalue weighted by Gasteiger charge is -2.11. The van der Waals surface area contributed by atoms with E-state index in [0.717, 1.165) is 0 Å². The molecule has 0 aliphatic carbocycles. The summed E-state index contributed by atoms with van der Waals surface area (Å²) in [6.45, 7) is 0.827. The van der Waals surface area contributed by atoms with E-state index in [4.69, 9.17) is 23.7 Å². The molecule has 0 fully saturated rings. The van der Waals surface area contributed by atoms with Crippen LogP contribution in [-0.2, 0) is 4.79 Å². The highest BCUT2D eigenvalue weighted by Gasteiger charge is 2.13. The number of rotatable bonds is 8. The van der Waals surface area contributed by atoms with Crippen molar-refractivity contribution in [3.63, 3.8) is 0 Å². The predicted octanol–water partition coefficient (Wildman–Crippen LogP) is 2.00. The number of fused-ring (bicyclic) bond motifs is 1. The van der Waals surface area contributed by atoms with Gasteiger partial charge in [-0.1, -0.05) is 12.1 Å². The molecule has 2 aromatic carbocycles. The summed E-state index contributed by atoms with van der Waals surface area (Å²) < 4.78 is 26.7. The summed E-state index contributed by atoms with van der Waals surface area (Å²) in [7, 11) is 1.55. The van der Waals surface area contributed by atoms with Crippen molar-refractivity contribution >= 4 is 5.91 Å². The summed E-state index contributed by atoms with van der Waals surface area (Å²) in [5.41, 5.74) is 0. The average Bonchev–Trinajstić information content (AvgIpc) is 3.11. The Morgan fingerprint density at radius 2 is 1.88 bits per heavy atom. The topological polar surface area (TPSA) is 75.3 Å². The molecule has 1 N–H and O–H groups in total. The highest BCUT2D eigenvalue weighted by Crippen LogP contribution is 2.35. The van der Waals surface area contributed by atoms with E-state index in [2.05, 4.69) is 5.32 Å². The molecule has 1 heterocycles. The van der Waals surface area contributed by atoms with E-state index in [-0.39, 0.29) is 19.3 Å². The zero-order chi connectivity index (χ0) is 17.5. The average molecular weight is 345 g/mol. The van der Waals surface area contributed by atoms with Gasteiger partial charge in [0.05, 0.1) is 13.7 Å². The lowest BCUT2D eigenvalue weighted by Crippen LogP contribution is -2.32. The lowest BCUT2D eigenvalue weighted by atomic mass is 10.3. The van der Waals surface area contributed by atoms with Gasteiger partial charge in [0.15, 0.2) is 29.6 Å². The number of hydrogen-bond acceptors (Lipinski definition) is 6. The van der Waals surface area contributed by atoms with Gasteiger partial charge in [-0.05, 0) is 24.3 Å². The minimum Gasteiger partial charge on any atom is -0.493 e. The van der Waals surface area contributed by atoms with Gasteiger partial charge in [-0.2, -0.15) is 0 Å². The second kappa shape index (κ2) is 8.14. The monoisotopic (exact) mass is 345 g/mol. The summed E-state index contributed by atoms with van der Waals surface area (Å²) in [6, 6.07) is 12.5. The molecule has 1 amide bonds. The highest BCUT2D eigenvalue weighted by atomic mass is 16.7. The third-order valence-corrected chi connectivity index (χ3v) is 3.46. The molecule has 7 nitrogen and oxygen atoms in total. The Bertz CT molecular complexity index is 733. The van der Waals surface area contributed by atoms with E-state index >= 15 is 0 Å². The molecule has 0 bridgehead atoms. The van der Waals surface area contributed by atoms with Crippen LogP contribution in [0.1, 0.15) is 0 Å². The van der Waals surface area contributed by atoms with E-state index < -0.39 is 0 Å². The first-order valence-electron chi connectivity index (χ1n) is 7.81. The number of carbonyl (C=O) groups excluding carboxylic acids is 1. The molecular weight excluding hydrogens is 326 g/mol. The van der Waals surface area contributed by atoms with Crippen molar-refractivity contribution in [2.75, 3.05) is 33.7 Å². The molecular formula is C18H19NO6. The number of para-hydroxylation sites is 2. The zero-order valence-corrected chi connectivity index (χ0v) is 13.8. The van der Waals surface area contributed by atoms with Crippen molar-refractivity contribution in [1.82, 2.24) is 5.32 Å². The molecule has 0 atom stereocenters. The fourth-order valence-corrected chi connectivity index (χ4v) is 2.26. The molecule has 0 saturated carbocycles. The molecule has 25 heavy (non-hydrogen) atoms. The van der Waals surface area contributed by atoms with Crippen molar-refractivity contribution in [2.24, 2.45) is 0 Å². The molecule has 0 unspecified atom stereocenters. The standard InChI is InChI=1S/C18H19NO6/c1-21-14-4-2-3-5-15(14)23-11-18(20)19-8-9-22-13-6-7-16-17(10-13)25-12-24-16/h2-7,10H,8-9,11-12H2,1H3,(H,19,20). The number of ether oxygens (including phenoxy) is 5. The van der Waals surface area contributed by atoms with Gasteiger partial charge in [0.2, 0.25) is 6.79 Å². The summed E-state index contributed by atoms with van der Waals surface area (Å²) in [5, 5.41) is 2.73. The van der Waals surface area contributed by atoms with Crippen LogP contribution in [0.25, 0.3) is 0 Å². The molecule has 1 aliphatic rings. The van der Waals surface area contributed by atoms with Crippen molar-refractivity contribution in [2.45, 2.75) is 0 Å². The molecule has 0 saturated heterocycles. The Hall–Kier alpha value is -3.09. The third-order valence-electron chi connectivity index (χ3n) is 3.46. The van der Waals surface area contributed by atoms with Crippen LogP contribution in [0, 0.1) is 0 Å². The van der Waals surface area contributed by atoms with Crippen LogP contribution in [0.3, 0.4) is 0 Å². The van der Waals surface area contributed by atoms with E-state index in [1.165, 1.54) is 0 Å². The van der Waals surface area contributed by atoms with Crippen molar-refractivity contribution in [3.05, 3.63) is 42.5 Å². The minimum atomic E-state index is -0.236. The number of nitrogens with one attached hydrogen (secondary N) is 1. The van der Waals surface area contributed by atoms with Gasteiger partial charge < -0.3 is 29.0 Å². The first-order valence-corrected chi connectivity index (χ1v) is 7.81. The fourth-order valence-electron chi connectivity index (χ4n) is 2.26. The SMILES string of the molecule is COc1ccccc1OCC(=O)NCCOc1ccc2c(c1)OCO2. The van der Waals surface area contributed by atoms with Crippen LogP contribution in [0.2, 0.25) is 0 Å². The van der Waals surface area contributed by atoms with Gasteiger partial charge in [-0.3, -0.25) is 4.79 Å². The van der Waals surface area contributed by atoms with E-state index in [1.54, 1.807) is 37.4 Å². The lowest BCUT2D eigenvalue weighted by molar-refractivity contribution is -0.123. The van der Waals surface area contributed by atoms with Gasteiger partial charge in [0.25, 0.3) is 5.91 Å². The van der Waals surface area contributed by atoms with Crippen molar-refractivity contribution in [1.29, 1.82) is 0 Å². The number of benzene rings is 2. The van der Waals surface area contributed by atoms with Gasteiger partial charge in [0.1, 0.15) is 12.4 Å². The minimum absolute atomic E-state index is 0.0929. The number of hydrogen-bond donors (Lipinski definition) is 1. The molecule has 0 spiro atoms. The number of methoxy groups -OCH3 is 1. The normalized spacial score (nSPS) is 11.7. The smallest absolute Gasteiger partial charge is 0.258 e. The van der Waals surface area contributed by atoms with Crippen molar-refractivity contribution < 1.29 is 28.5 Å². The Kier molecular flexibility index (Phi) is 5.46. The van der Waals surface area contributed by atoms with Crippen LogP contribution in [0.4, 0.5) is 0 Å². The van der Waals surface area contributed by atoms with E-state index in [1.807, 2.05) is 12.1 Å². The second-order valence-electron chi connectivity index (χ2n) is 5.15. The summed E-state index contributed by atoms with van der Waals surface area (Å²) in [6.07, 6.45) is 0.